The molecule has 5 nitrogen and oxygen atoms in total. The number of amides is 1. The maximum Gasteiger partial charge on any atom is 0.273 e. The average Bonchev–Trinajstić information content (AvgIpc) is 2.72. The second-order valence-corrected chi connectivity index (χ2v) is 7.40. The predicted octanol–water partition coefficient (Wildman–Crippen LogP) is 4.11. The van der Waals surface area contributed by atoms with Crippen LogP contribution in [0.5, 0.6) is 0 Å². The highest BCUT2D eigenvalue weighted by Gasteiger charge is 2.14. The van der Waals surface area contributed by atoms with Crippen LogP contribution in [0.25, 0.3) is 11.1 Å². The van der Waals surface area contributed by atoms with E-state index in [1.807, 2.05) is 0 Å². The molecule has 1 N–H and O–H groups in total. The molecule has 0 unspecified atom stereocenters. The first-order valence-electron chi connectivity index (χ1n) is 9.58. The van der Waals surface area contributed by atoms with Crippen molar-refractivity contribution in [2.45, 2.75) is 6.42 Å². The van der Waals surface area contributed by atoms with E-state index < -0.39 is 11.6 Å². The molecule has 160 valence electrons. The van der Waals surface area contributed by atoms with Crippen LogP contribution in [0, 0.1) is 11.6 Å². The van der Waals surface area contributed by atoms with Gasteiger partial charge in [0.2, 0.25) is 5.91 Å². The molecule has 2 aromatic carbocycles. The van der Waals surface area contributed by atoms with Gasteiger partial charge >= 0.3 is 0 Å². The molecule has 0 atom stereocenters. The van der Waals surface area contributed by atoms with Gasteiger partial charge in [-0.05, 0) is 47.0 Å². The van der Waals surface area contributed by atoms with Gasteiger partial charge in [0.05, 0.1) is 0 Å². The van der Waals surface area contributed by atoms with Crippen LogP contribution in [0.2, 0.25) is 0 Å². The highest BCUT2D eigenvalue weighted by atomic mass is 19.1. The number of nitrogens with one attached hydrogen (secondary N) is 1. The number of carbonyl (C=O) groups excluding carboxylic acids is 1. The second-order valence-electron chi connectivity index (χ2n) is 7.40. The summed E-state index contributed by atoms with van der Waals surface area (Å²) in [4.78, 5) is 25.9. The summed E-state index contributed by atoms with van der Waals surface area (Å²) in [5.41, 5.74) is 3.38. The van der Waals surface area contributed by atoms with Crippen molar-refractivity contribution in [2.24, 2.45) is 7.05 Å². The SMILES string of the molecule is C=CC(=O)Nc1ccc(Cc2ccc(F)cc2F)c(-c2cc(N(C)C)c(=O)n(C)c2)c1. The van der Waals surface area contributed by atoms with E-state index in [1.165, 1.54) is 16.7 Å². The smallest absolute Gasteiger partial charge is 0.273 e. The zero-order valence-corrected chi connectivity index (χ0v) is 17.6. The number of hydrogen-bond donors (Lipinski definition) is 1. The molecule has 0 radical (unpaired) electrons. The van der Waals surface area contributed by atoms with Gasteiger partial charge in [-0.15, -0.1) is 0 Å². The van der Waals surface area contributed by atoms with Crippen molar-refractivity contribution >= 4 is 17.3 Å². The lowest BCUT2D eigenvalue weighted by atomic mass is 9.94. The highest BCUT2D eigenvalue weighted by molar-refractivity contribution is 5.99. The van der Waals surface area contributed by atoms with Crippen LogP contribution in [0.4, 0.5) is 20.2 Å². The molecular formula is C24H23F2N3O2. The number of carbonyl (C=O) groups is 1. The summed E-state index contributed by atoms with van der Waals surface area (Å²) in [5, 5.41) is 2.72. The Morgan fingerprint density at radius 2 is 1.84 bits per heavy atom. The highest BCUT2D eigenvalue weighted by Crippen LogP contribution is 2.30. The number of aromatic nitrogens is 1. The third-order valence-corrected chi connectivity index (χ3v) is 4.92. The molecule has 3 rings (SSSR count). The Bertz CT molecular complexity index is 1220. The van der Waals surface area contributed by atoms with Gasteiger partial charge in [-0.1, -0.05) is 18.7 Å². The van der Waals surface area contributed by atoms with E-state index >= 15 is 0 Å². The Hall–Kier alpha value is -3.74. The Balaban J connectivity index is 2.17. The molecule has 0 bridgehead atoms. The van der Waals surface area contributed by atoms with E-state index in [0.717, 1.165) is 23.3 Å². The van der Waals surface area contributed by atoms with Crippen molar-refractivity contribution in [3.8, 4) is 11.1 Å². The molecule has 0 spiro atoms. The maximum atomic E-state index is 14.3. The van der Waals surface area contributed by atoms with Gasteiger partial charge in [-0.2, -0.15) is 0 Å². The zero-order chi connectivity index (χ0) is 22.7. The van der Waals surface area contributed by atoms with Gasteiger partial charge in [0.15, 0.2) is 0 Å². The summed E-state index contributed by atoms with van der Waals surface area (Å²) in [7, 11) is 5.20. The van der Waals surface area contributed by atoms with Crippen molar-refractivity contribution in [3.05, 3.63) is 94.4 Å². The van der Waals surface area contributed by atoms with Crippen LogP contribution in [-0.4, -0.2) is 24.6 Å². The zero-order valence-electron chi connectivity index (χ0n) is 17.6. The Morgan fingerprint density at radius 3 is 2.48 bits per heavy atom. The number of benzene rings is 2. The molecular weight excluding hydrogens is 400 g/mol. The van der Waals surface area contributed by atoms with Crippen molar-refractivity contribution in [1.82, 2.24) is 4.57 Å². The van der Waals surface area contributed by atoms with Crippen molar-refractivity contribution in [1.29, 1.82) is 0 Å². The van der Waals surface area contributed by atoms with Gasteiger partial charge in [0, 0.05) is 51.1 Å². The first-order chi connectivity index (χ1) is 14.7. The lowest BCUT2D eigenvalue weighted by Gasteiger charge is -2.18. The van der Waals surface area contributed by atoms with Crippen molar-refractivity contribution in [2.75, 3.05) is 24.3 Å². The minimum absolute atomic E-state index is 0.156. The third kappa shape index (κ3) is 4.88. The van der Waals surface area contributed by atoms with E-state index in [9.17, 15) is 18.4 Å². The summed E-state index contributed by atoms with van der Waals surface area (Å²) in [5.74, 6) is -1.64. The predicted molar refractivity (Wildman–Crippen MR) is 119 cm³/mol. The van der Waals surface area contributed by atoms with Crippen LogP contribution < -0.4 is 15.8 Å². The molecule has 0 aliphatic carbocycles. The van der Waals surface area contributed by atoms with E-state index in [0.29, 0.717) is 22.5 Å². The van der Waals surface area contributed by atoms with Crippen molar-refractivity contribution < 1.29 is 13.6 Å². The molecule has 0 aliphatic heterocycles. The lowest BCUT2D eigenvalue weighted by molar-refractivity contribution is -0.111. The summed E-state index contributed by atoms with van der Waals surface area (Å²) in [6, 6.07) is 10.5. The van der Waals surface area contributed by atoms with E-state index in [1.54, 1.807) is 56.5 Å². The quantitative estimate of drug-likeness (QED) is 0.607. The van der Waals surface area contributed by atoms with Gasteiger partial charge in [-0.25, -0.2) is 8.78 Å². The average molecular weight is 423 g/mol. The van der Waals surface area contributed by atoms with Crippen molar-refractivity contribution in [3.63, 3.8) is 0 Å². The van der Waals surface area contributed by atoms with Crippen LogP contribution in [-0.2, 0) is 18.3 Å². The lowest BCUT2D eigenvalue weighted by Crippen LogP contribution is -2.25. The van der Waals surface area contributed by atoms with E-state index in [2.05, 4.69) is 11.9 Å². The summed E-state index contributed by atoms with van der Waals surface area (Å²) < 4.78 is 29.1. The first kappa shape index (κ1) is 22.0. The number of aryl methyl sites for hydroxylation is 1. The van der Waals surface area contributed by atoms with E-state index in [-0.39, 0.29) is 17.9 Å². The topological polar surface area (TPSA) is 54.3 Å². The van der Waals surface area contributed by atoms with E-state index in [4.69, 9.17) is 0 Å². The van der Waals surface area contributed by atoms with Crippen LogP contribution in [0.15, 0.2) is 66.1 Å². The van der Waals surface area contributed by atoms with Crippen LogP contribution in [0.1, 0.15) is 11.1 Å². The molecule has 7 heteroatoms. The fourth-order valence-corrected chi connectivity index (χ4v) is 3.30. The number of hydrogen-bond acceptors (Lipinski definition) is 3. The van der Waals surface area contributed by atoms with Gasteiger partial charge in [-0.3, -0.25) is 9.59 Å². The molecule has 1 aromatic heterocycles. The van der Waals surface area contributed by atoms with Crippen LogP contribution >= 0.6 is 0 Å². The Morgan fingerprint density at radius 1 is 1.13 bits per heavy atom. The fraction of sp³-hybridized carbons (Fsp3) is 0.167. The molecule has 0 aliphatic rings. The standard InChI is InChI=1S/C24H23F2N3O2/c1-5-23(30)27-19-9-7-15(10-16-6-8-18(25)12-21(16)26)20(13-19)17-11-22(28(2)3)24(31)29(4)14-17/h5-9,11-14H,1,10H2,2-4H3,(H,27,30). The monoisotopic (exact) mass is 423 g/mol. The molecule has 0 saturated heterocycles. The van der Waals surface area contributed by atoms with Crippen LogP contribution in [0.3, 0.4) is 0 Å². The maximum absolute atomic E-state index is 14.3. The molecule has 0 fully saturated rings. The number of rotatable bonds is 6. The summed E-state index contributed by atoms with van der Waals surface area (Å²) >= 11 is 0. The Kier molecular flexibility index (Phi) is 6.34. The summed E-state index contributed by atoms with van der Waals surface area (Å²) in [6.45, 7) is 3.45. The fourth-order valence-electron chi connectivity index (χ4n) is 3.30. The van der Waals surface area contributed by atoms with Gasteiger partial charge in [0.1, 0.15) is 17.3 Å². The third-order valence-electron chi connectivity index (χ3n) is 4.92. The molecule has 31 heavy (non-hydrogen) atoms. The minimum Gasteiger partial charge on any atom is -0.373 e. The number of anilines is 2. The Labute approximate surface area is 179 Å². The normalized spacial score (nSPS) is 10.6. The molecule has 0 saturated carbocycles. The minimum atomic E-state index is -0.641. The van der Waals surface area contributed by atoms with Gasteiger partial charge < -0.3 is 14.8 Å². The molecule has 1 heterocycles. The first-order valence-corrected chi connectivity index (χ1v) is 9.58. The number of nitrogens with zero attached hydrogens (tertiary/aromatic N) is 2. The summed E-state index contributed by atoms with van der Waals surface area (Å²) in [6.07, 6.45) is 3.06. The number of pyridine rings is 1. The van der Waals surface area contributed by atoms with Gasteiger partial charge in [0.25, 0.3) is 5.56 Å². The number of halogens is 2. The molecule has 3 aromatic rings. The molecule has 1 amide bonds. The largest absolute Gasteiger partial charge is 0.373 e. The second kappa shape index (κ2) is 8.95.